The van der Waals surface area contributed by atoms with Gasteiger partial charge in [0.1, 0.15) is 0 Å². The van der Waals surface area contributed by atoms with Gasteiger partial charge in [-0.05, 0) is 23.7 Å². The van der Waals surface area contributed by atoms with Crippen molar-refractivity contribution >= 4 is 5.71 Å². The van der Waals surface area contributed by atoms with E-state index in [1.54, 1.807) is 0 Å². The van der Waals surface area contributed by atoms with Crippen molar-refractivity contribution in [3.8, 4) is 0 Å². The fraction of sp³-hybridized carbons (Fsp3) is 0.786. The van der Waals surface area contributed by atoms with Crippen molar-refractivity contribution in [1.29, 1.82) is 0 Å². The summed E-state index contributed by atoms with van der Waals surface area (Å²) in [6.45, 7) is 17.6. The van der Waals surface area contributed by atoms with E-state index < -0.39 is 0 Å². The molecular weight excluding hydrogens is 182 g/mol. The average molecular weight is 209 g/mol. The third kappa shape index (κ3) is 5.76. The number of hydrogen-bond acceptors (Lipinski definition) is 1. The minimum absolute atomic E-state index is 0.176. The van der Waals surface area contributed by atoms with Crippen LogP contribution in [0.15, 0.2) is 17.3 Å². The first-order chi connectivity index (χ1) is 6.55. The first kappa shape index (κ1) is 14.4. The maximum absolute atomic E-state index is 4.48. The molecule has 0 aliphatic heterocycles. The van der Waals surface area contributed by atoms with Gasteiger partial charge in [0, 0.05) is 11.9 Å². The molecule has 0 saturated heterocycles. The third-order valence-electron chi connectivity index (χ3n) is 3.09. The highest BCUT2D eigenvalue weighted by Crippen LogP contribution is 2.26. The highest BCUT2D eigenvalue weighted by Gasteiger charge is 2.17. The van der Waals surface area contributed by atoms with E-state index in [2.05, 4.69) is 66.5 Å². The number of nitrogens with zero attached hydrogens (tertiary/aromatic N) is 1. The second kappa shape index (κ2) is 4.96. The summed E-state index contributed by atoms with van der Waals surface area (Å²) in [5.41, 5.74) is 1.68. The molecule has 1 heteroatoms. The summed E-state index contributed by atoms with van der Waals surface area (Å²) in [6.07, 6.45) is 4.14. The molecule has 0 N–H and O–H groups in total. The lowest BCUT2D eigenvalue weighted by Gasteiger charge is -2.24. The van der Waals surface area contributed by atoms with Crippen molar-refractivity contribution in [1.82, 2.24) is 0 Å². The Morgan fingerprint density at radius 1 is 1.07 bits per heavy atom. The van der Waals surface area contributed by atoms with Crippen LogP contribution in [0.25, 0.3) is 0 Å². The predicted molar refractivity (Wildman–Crippen MR) is 70.3 cm³/mol. The molecule has 0 heterocycles. The smallest absolute Gasteiger partial charge is 0.0230 e. The second-order valence-electron chi connectivity index (χ2n) is 6.46. The van der Waals surface area contributed by atoms with E-state index in [1.807, 2.05) is 6.20 Å². The summed E-state index contributed by atoms with van der Waals surface area (Å²) >= 11 is 0. The summed E-state index contributed by atoms with van der Waals surface area (Å²) in [4.78, 5) is 4.48. The lowest BCUT2D eigenvalue weighted by Crippen LogP contribution is -2.16. The van der Waals surface area contributed by atoms with Crippen LogP contribution in [0.1, 0.15) is 55.4 Å². The van der Waals surface area contributed by atoms with Crippen LogP contribution in [0.2, 0.25) is 0 Å². The first-order valence-corrected chi connectivity index (χ1v) is 5.76. The average Bonchev–Trinajstić information content (AvgIpc) is 2.00. The van der Waals surface area contributed by atoms with Crippen LogP contribution in [0.5, 0.6) is 0 Å². The predicted octanol–water partition coefficient (Wildman–Crippen LogP) is 4.69. The van der Waals surface area contributed by atoms with E-state index in [-0.39, 0.29) is 5.41 Å². The van der Waals surface area contributed by atoms with Crippen molar-refractivity contribution in [2.45, 2.75) is 55.4 Å². The minimum atomic E-state index is 0.176. The highest BCUT2D eigenvalue weighted by molar-refractivity contribution is 5.87. The Morgan fingerprint density at radius 3 is 1.87 bits per heavy atom. The van der Waals surface area contributed by atoms with E-state index in [1.165, 1.54) is 5.71 Å². The van der Waals surface area contributed by atoms with Crippen molar-refractivity contribution in [2.24, 2.45) is 21.7 Å². The molecule has 0 rings (SSSR count). The highest BCUT2D eigenvalue weighted by atomic mass is 14.7. The summed E-state index contributed by atoms with van der Waals surface area (Å²) in [7, 11) is 0. The Bertz CT molecular complexity index is 245. The zero-order valence-electron chi connectivity index (χ0n) is 11.7. The quantitative estimate of drug-likeness (QED) is 0.585. The Kier molecular flexibility index (Phi) is 4.76. The van der Waals surface area contributed by atoms with Gasteiger partial charge in [-0.3, -0.25) is 4.99 Å². The molecule has 0 aromatic carbocycles. The van der Waals surface area contributed by atoms with E-state index in [4.69, 9.17) is 0 Å². The SMILES string of the molecule is C/C(=N\C=C/C(C)C(C)(C)C)C(C)(C)C. The van der Waals surface area contributed by atoms with Crippen LogP contribution in [0.4, 0.5) is 0 Å². The maximum Gasteiger partial charge on any atom is 0.0230 e. The molecule has 1 nitrogen and oxygen atoms in total. The Hall–Kier alpha value is -0.590. The van der Waals surface area contributed by atoms with E-state index in [9.17, 15) is 0 Å². The van der Waals surface area contributed by atoms with Gasteiger partial charge < -0.3 is 0 Å². The van der Waals surface area contributed by atoms with Gasteiger partial charge in [0.15, 0.2) is 0 Å². The van der Waals surface area contributed by atoms with Crippen LogP contribution in [0.3, 0.4) is 0 Å². The van der Waals surface area contributed by atoms with Gasteiger partial charge in [-0.25, -0.2) is 0 Å². The molecule has 0 radical (unpaired) electrons. The molecule has 88 valence electrons. The van der Waals surface area contributed by atoms with Crippen LogP contribution in [-0.4, -0.2) is 5.71 Å². The normalized spacial score (nSPS) is 17.2. The molecule has 15 heavy (non-hydrogen) atoms. The number of hydrogen-bond donors (Lipinski definition) is 0. The van der Waals surface area contributed by atoms with Gasteiger partial charge in [0.2, 0.25) is 0 Å². The number of aliphatic imine (C=N–C) groups is 1. The molecule has 0 spiro atoms. The maximum atomic E-state index is 4.48. The van der Waals surface area contributed by atoms with Crippen LogP contribution >= 0.6 is 0 Å². The summed E-state index contributed by atoms with van der Waals surface area (Å²) in [5.74, 6) is 0.550. The van der Waals surface area contributed by atoms with Gasteiger partial charge in [0.05, 0.1) is 0 Å². The zero-order chi connectivity index (χ0) is 12.3. The minimum Gasteiger partial charge on any atom is -0.266 e. The fourth-order valence-electron chi connectivity index (χ4n) is 0.766. The van der Waals surface area contributed by atoms with Crippen LogP contribution in [-0.2, 0) is 0 Å². The van der Waals surface area contributed by atoms with E-state index >= 15 is 0 Å². The molecular formula is C14H27N. The Morgan fingerprint density at radius 2 is 1.53 bits per heavy atom. The lowest BCUT2D eigenvalue weighted by molar-refractivity contribution is 0.314. The second-order valence-corrected chi connectivity index (χ2v) is 6.46. The standard InChI is InChI=1S/C14H27N/c1-11(13(3,4)5)9-10-15-12(2)14(6,7)8/h9-11H,1-8H3/b10-9-,15-12+. The van der Waals surface area contributed by atoms with Gasteiger partial charge in [-0.1, -0.05) is 54.5 Å². The van der Waals surface area contributed by atoms with Crippen molar-refractivity contribution in [3.63, 3.8) is 0 Å². The van der Waals surface area contributed by atoms with Gasteiger partial charge >= 0.3 is 0 Å². The molecule has 0 amide bonds. The van der Waals surface area contributed by atoms with Crippen molar-refractivity contribution in [3.05, 3.63) is 12.3 Å². The molecule has 0 aliphatic rings. The monoisotopic (exact) mass is 209 g/mol. The largest absolute Gasteiger partial charge is 0.266 e. The fourth-order valence-corrected chi connectivity index (χ4v) is 0.766. The summed E-state index contributed by atoms with van der Waals surface area (Å²) in [5, 5.41) is 0. The van der Waals surface area contributed by atoms with Crippen LogP contribution < -0.4 is 0 Å². The molecule has 0 aromatic rings. The van der Waals surface area contributed by atoms with Gasteiger partial charge in [-0.2, -0.15) is 0 Å². The molecule has 0 saturated carbocycles. The third-order valence-corrected chi connectivity index (χ3v) is 3.09. The number of rotatable bonds is 2. The van der Waals surface area contributed by atoms with E-state index in [0.29, 0.717) is 11.3 Å². The first-order valence-electron chi connectivity index (χ1n) is 5.76. The van der Waals surface area contributed by atoms with Crippen molar-refractivity contribution in [2.75, 3.05) is 0 Å². The summed E-state index contributed by atoms with van der Waals surface area (Å²) in [6, 6.07) is 0. The van der Waals surface area contributed by atoms with Gasteiger partial charge in [0.25, 0.3) is 0 Å². The molecule has 0 aliphatic carbocycles. The van der Waals surface area contributed by atoms with E-state index in [0.717, 1.165) is 0 Å². The lowest BCUT2D eigenvalue weighted by atomic mass is 9.82. The molecule has 1 unspecified atom stereocenters. The Labute approximate surface area is 95.7 Å². The summed E-state index contributed by atoms with van der Waals surface area (Å²) < 4.78 is 0. The molecule has 0 aromatic heterocycles. The molecule has 0 fully saturated rings. The Balaban J connectivity index is 4.46. The molecule has 0 bridgehead atoms. The van der Waals surface area contributed by atoms with Crippen LogP contribution in [0, 0.1) is 16.7 Å². The molecule has 1 atom stereocenters. The topological polar surface area (TPSA) is 12.4 Å². The van der Waals surface area contributed by atoms with Crippen molar-refractivity contribution < 1.29 is 0 Å². The van der Waals surface area contributed by atoms with Gasteiger partial charge in [-0.15, -0.1) is 0 Å². The number of allylic oxidation sites excluding steroid dienone is 1. The zero-order valence-corrected chi connectivity index (χ0v) is 11.7.